The highest BCUT2D eigenvalue weighted by Crippen LogP contribution is 2.66. The van der Waals surface area contributed by atoms with E-state index >= 15 is 14.4 Å². The second-order valence-electron chi connectivity index (χ2n) is 19.0. The second kappa shape index (κ2) is 20.2. The van der Waals surface area contributed by atoms with E-state index in [9.17, 15) is 24.8 Å². The molecule has 5 amide bonds. The number of morpholine rings is 1. The van der Waals surface area contributed by atoms with Crippen LogP contribution in [0, 0.1) is 27.9 Å². The van der Waals surface area contributed by atoms with E-state index in [0.717, 1.165) is 10.5 Å². The fourth-order valence-corrected chi connectivity index (χ4v) is 11.4. The van der Waals surface area contributed by atoms with Crippen LogP contribution in [0.15, 0.2) is 146 Å². The van der Waals surface area contributed by atoms with Gasteiger partial charge in [0.25, 0.3) is 5.69 Å². The lowest BCUT2D eigenvalue weighted by Crippen LogP contribution is -2.59. The third kappa shape index (κ3) is 8.82. The van der Waals surface area contributed by atoms with Crippen LogP contribution in [-0.4, -0.2) is 100 Å². The molecule has 0 aromatic heterocycles. The number of rotatable bonds is 10. The molecule has 3 saturated heterocycles. The van der Waals surface area contributed by atoms with Crippen LogP contribution in [0.3, 0.4) is 0 Å². The summed E-state index contributed by atoms with van der Waals surface area (Å²) in [7, 11) is 0. The summed E-state index contributed by atoms with van der Waals surface area (Å²) in [5, 5.41) is 24.7. The van der Waals surface area contributed by atoms with Crippen LogP contribution in [0.5, 0.6) is 17.2 Å². The number of benzene rings is 6. The molecule has 6 aromatic carbocycles. The molecule has 0 saturated carbocycles. The molecular formula is C57H49N7O12. The topological polar surface area (TPSA) is 237 Å². The van der Waals surface area contributed by atoms with E-state index in [2.05, 4.69) is 22.1 Å². The predicted octanol–water partition coefficient (Wildman–Crippen LogP) is 6.40. The first-order valence-corrected chi connectivity index (χ1v) is 24.6. The summed E-state index contributed by atoms with van der Waals surface area (Å²) in [5.41, 5.74) is 6.73. The molecule has 1 spiro atoms. The van der Waals surface area contributed by atoms with Gasteiger partial charge in [0.2, 0.25) is 18.6 Å². The summed E-state index contributed by atoms with van der Waals surface area (Å²) in [5.74, 6) is 3.36. The van der Waals surface area contributed by atoms with Gasteiger partial charge in [0.1, 0.15) is 29.9 Å². The summed E-state index contributed by atoms with van der Waals surface area (Å²) in [6, 6.07) is 36.3. The number of non-ortho nitro benzene ring substituents is 1. The number of aromatic hydroxyl groups is 1. The summed E-state index contributed by atoms with van der Waals surface area (Å²) in [6.07, 6.45) is -2.10. The van der Waals surface area contributed by atoms with E-state index in [1.807, 2.05) is 83.8 Å². The molecule has 19 heteroatoms. The van der Waals surface area contributed by atoms with Gasteiger partial charge in [0, 0.05) is 50.4 Å². The molecule has 3 fully saturated rings. The van der Waals surface area contributed by atoms with Crippen molar-refractivity contribution < 1.29 is 52.9 Å². The Balaban J connectivity index is 1.09. The number of nitrogens with two attached hydrogens (primary N) is 1. The van der Waals surface area contributed by atoms with E-state index in [1.54, 1.807) is 29.2 Å². The molecule has 19 nitrogen and oxygen atoms in total. The van der Waals surface area contributed by atoms with Gasteiger partial charge < -0.3 is 40.0 Å². The van der Waals surface area contributed by atoms with Crippen LogP contribution >= 0.6 is 0 Å². The summed E-state index contributed by atoms with van der Waals surface area (Å²) >= 11 is 0. The van der Waals surface area contributed by atoms with Crippen molar-refractivity contribution in [2.24, 2.45) is 11.7 Å². The van der Waals surface area contributed by atoms with Crippen molar-refractivity contribution in [2.75, 3.05) is 44.4 Å². The normalized spacial score (nSPS) is 22.5. The van der Waals surface area contributed by atoms with Crippen LogP contribution in [-0.2, 0) is 42.4 Å². The van der Waals surface area contributed by atoms with E-state index in [0.29, 0.717) is 59.0 Å². The van der Waals surface area contributed by atoms with E-state index in [-0.39, 0.29) is 49.1 Å². The number of anilines is 1. The fraction of sp³-hybridized carbons (Fsp3) is 0.246. The van der Waals surface area contributed by atoms with Gasteiger partial charge in [-0.1, -0.05) is 90.7 Å². The number of nitrogens with zero attached hydrogens (tertiary/aromatic N) is 5. The van der Waals surface area contributed by atoms with Gasteiger partial charge in [0.05, 0.1) is 35.2 Å². The van der Waals surface area contributed by atoms with Crippen LogP contribution in [0.2, 0.25) is 0 Å². The average molecular weight is 1020 g/mol. The number of carbonyl (C=O) groups excluding carboxylic acids is 5. The number of nitro groups is 1. The number of primary amides is 1. The van der Waals surface area contributed by atoms with Gasteiger partial charge in [-0.2, -0.15) is 0 Å². The summed E-state index contributed by atoms with van der Waals surface area (Å²) < 4.78 is 23.7. The fourth-order valence-electron chi connectivity index (χ4n) is 11.4. The molecule has 5 aliphatic rings. The standard InChI is InChI=1S/C57H49N7O12/c58-55(69)59-25-7-8-35-15-23-44-43(30-35)57(54(68)62(44)56(70)73-33-36-13-19-41(20-14-36)64(71)72)47(52(66)61-28-26-60(27-29-61)32-37-16-24-45-46(31-37)75-34-74-45)49-53(67)76-50(39-11-5-2-6-12-39)48(38-9-3-1-4-10-38)63(49)51(57)40-17-21-42(65)22-18-40/h1-6,9-24,30-31,47-51,65H,25-29,32-34H2,(H3,58,59,69)/t47-,48-,49-,50+,51+,57-/m1/s1. The maximum atomic E-state index is 16.7. The second-order valence-corrected chi connectivity index (χ2v) is 19.0. The van der Waals surface area contributed by atoms with Crippen molar-refractivity contribution in [3.05, 3.63) is 195 Å². The molecule has 0 bridgehead atoms. The third-order valence-corrected chi connectivity index (χ3v) is 14.7. The number of fused-ring (bicyclic) bond motifs is 4. The molecule has 5 heterocycles. The number of phenolic OH excluding ortho intramolecular Hbond substituents is 1. The van der Waals surface area contributed by atoms with E-state index in [1.165, 1.54) is 42.5 Å². The van der Waals surface area contributed by atoms with Gasteiger partial charge in [-0.3, -0.25) is 34.3 Å². The first-order chi connectivity index (χ1) is 36.9. The minimum atomic E-state index is -2.15. The largest absolute Gasteiger partial charge is 0.508 e. The average Bonchev–Trinajstić information content (AvgIpc) is 4.13. The maximum absolute atomic E-state index is 16.7. The number of urea groups is 1. The zero-order valence-corrected chi connectivity index (χ0v) is 40.7. The Kier molecular flexibility index (Phi) is 13.0. The quantitative estimate of drug-likeness (QED) is 0.0583. The monoisotopic (exact) mass is 1020 g/mol. The van der Waals surface area contributed by atoms with Gasteiger partial charge in [0.15, 0.2) is 11.5 Å². The van der Waals surface area contributed by atoms with Crippen molar-refractivity contribution in [1.82, 2.24) is 20.0 Å². The molecule has 76 heavy (non-hydrogen) atoms. The number of carbonyl (C=O) groups is 5. The Hall–Kier alpha value is -9.25. The van der Waals surface area contributed by atoms with Gasteiger partial charge in [-0.05, 0) is 88.0 Å². The molecule has 0 radical (unpaired) electrons. The zero-order chi connectivity index (χ0) is 52.7. The highest BCUT2D eigenvalue weighted by atomic mass is 16.7. The van der Waals surface area contributed by atoms with E-state index < -0.39 is 77.0 Å². The minimum absolute atomic E-state index is 0.0544. The number of amides is 5. The Bertz CT molecular complexity index is 3330. The third-order valence-electron chi connectivity index (χ3n) is 14.7. The van der Waals surface area contributed by atoms with Crippen LogP contribution < -0.4 is 25.4 Å². The SMILES string of the molecule is NC(=O)NCC#Cc1ccc2c(c1)[C@]1(C(=O)N2C(=O)OCc2ccc([N+](=O)[O-])cc2)[C@H](c2ccc(O)cc2)N2[C@H](c3ccccc3)[C@H](c3ccccc3)OC(=O)[C@H]2[C@@H]1C(=O)N1CCN(Cc2ccc3c(c2)OCO3)CC1. The van der Waals surface area contributed by atoms with E-state index in [4.69, 9.17) is 24.7 Å². The number of esters is 1. The highest BCUT2D eigenvalue weighted by Gasteiger charge is 2.76. The number of hydrogen-bond acceptors (Lipinski definition) is 14. The number of phenols is 1. The summed E-state index contributed by atoms with van der Waals surface area (Å²) in [6.45, 7) is 1.41. The molecule has 0 unspecified atom stereocenters. The Morgan fingerprint density at radius 2 is 1.47 bits per heavy atom. The molecule has 6 atom stereocenters. The number of nitro benzene ring substituents is 1. The van der Waals surface area contributed by atoms with Crippen molar-refractivity contribution in [3.63, 3.8) is 0 Å². The summed E-state index contributed by atoms with van der Waals surface area (Å²) in [4.78, 5) is 92.7. The Morgan fingerprint density at radius 3 is 2.17 bits per heavy atom. The molecule has 6 aromatic rings. The van der Waals surface area contributed by atoms with Crippen LogP contribution in [0.1, 0.15) is 57.1 Å². The number of imide groups is 1. The van der Waals surface area contributed by atoms with Gasteiger partial charge in [-0.25, -0.2) is 14.5 Å². The van der Waals surface area contributed by atoms with Crippen molar-refractivity contribution in [2.45, 2.75) is 42.8 Å². The van der Waals surface area contributed by atoms with Gasteiger partial charge in [-0.15, -0.1) is 0 Å². The highest BCUT2D eigenvalue weighted by molar-refractivity contribution is 6.23. The van der Waals surface area contributed by atoms with Gasteiger partial charge >= 0.3 is 18.1 Å². The lowest BCUT2D eigenvalue weighted by molar-refractivity contribution is -0.384. The molecule has 0 aliphatic carbocycles. The molecule has 11 rings (SSSR count). The lowest BCUT2D eigenvalue weighted by Gasteiger charge is -2.46. The minimum Gasteiger partial charge on any atom is -0.508 e. The van der Waals surface area contributed by atoms with Crippen LogP contribution in [0.4, 0.5) is 21.0 Å². The van der Waals surface area contributed by atoms with Crippen LogP contribution in [0.25, 0.3) is 0 Å². The Morgan fingerprint density at radius 1 is 0.789 bits per heavy atom. The molecule has 4 N–H and O–H groups in total. The first kappa shape index (κ1) is 49.0. The smallest absolute Gasteiger partial charge is 0.421 e. The number of cyclic esters (lactones) is 1. The maximum Gasteiger partial charge on any atom is 0.421 e. The van der Waals surface area contributed by atoms with Crippen molar-refractivity contribution >= 4 is 41.3 Å². The number of piperazine rings is 1. The lowest BCUT2D eigenvalue weighted by atomic mass is 9.65. The number of hydrogen-bond donors (Lipinski definition) is 3. The first-order valence-electron chi connectivity index (χ1n) is 24.6. The molecule has 384 valence electrons. The predicted molar refractivity (Wildman–Crippen MR) is 272 cm³/mol. The van der Waals surface area contributed by atoms with Crippen molar-refractivity contribution in [1.29, 1.82) is 0 Å². The number of ether oxygens (including phenoxy) is 4. The zero-order valence-electron chi connectivity index (χ0n) is 40.7. The molecule has 5 aliphatic heterocycles. The number of nitrogens with one attached hydrogen (secondary N) is 1. The van der Waals surface area contributed by atoms with Crippen molar-refractivity contribution in [3.8, 4) is 29.1 Å². The molecular weight excluding hydrogens is 975 g/mol. The Labute approximate surface area is 435 Å².